The molecule has 0 aliphatic heterocycles. The van der Waals surface area contributed by atoms with Crippen molar-refractivity contribution >= 4 is 78.8 Å². The van der Waals surface area contributed by atoms with Crippen LogP contribution < -0.4 is 23.8 Å². The highest BCUT2D eigenvalue weighted by atomic mass is 33.1. The molecule has 0 radical (unpaired) electrons. The van der Waals surface area contributed by atoms with E-state index < -0.39 is 0 Å². The summed E-state index contributed by atoms with van der Waals surface area (Å²) in [6.07, 6.45) is 21.4. The van der Waals surface area contributed by atoms with Crippen LogP contribution in [0.1, 0.15) is 48.4 Å². The summed E-state index contributed by atoms with van der Waals surface area (Å²) in [5.74, 6) is 2.40. The summed E-state index contributed by atoms with van der Waals surface area (Å²) in [5.41, 5.74) is 7.36. The molecule has 4 aromatic carbocycles. The number of hydrogen-bond donors (Lipinski definition) is 1. The summed E-state index contributed by atoms with van der Waals surface area (Å²) in [7, 11) is 19.6. The lowest BCUT2D eigenvalue weighted by molar-refractivity contribution is -0.902. The summed E-state index contributed by atoms with van der Waals surface area (Å²) >= 11 is 0. The fourth-order valence-corrected chi connectivity index (χ4v) is 9.97. The molecule has 2 unspecified atom stereocenters. The van der Waals surface area contributed by atoms with E-state index in [9.17, 15) is 0 Å². The van der Waals surface area contributed by atoms with Crippen LogP contribution in [-0.2, 0) is 13.1 Å². The second kappa shape index (κ2) is 22.5. The van der Waals surface area contributed by atoms with Gasteiger partial charge in [-0.3, -0.25) is 0 Å². The SMILES string of the molecule is CC(CCC[n+]1ccc(/C=C/c2ccc3cc(N(C)C)ccc3c2)cc1)[NH+](C)CCSSCC[N+](C)(C)CCC[n+]1ccc(/C=C/c2ccc3cc(N(C)C)ccc3c2)cc1. The molecule has 6 aromatic rings. The van der Waals surface area contributed by atoms with E-state index in [1.54, 1.807) is 4.90 Å². The first-order valence-electron chi connectivity index (χ1n) is 22.1. The third-order valence-corrected chi connectivity index (χ3v) is 14.4. The molecule has 0 aliphatic rings. The zero-order valence-electron chi connectivity index (χ0n) is 38.1. The molecule has 8 heteroatoms. The molecular weight excluding hydrogens is 785 g/mol. The number of rotatable bonds is 22. The molecular formula is C53H70N6S2+4. The first kappa shape index (κ1) is 45.9. The highest BCUT2D eigenvalue weighted by molar-refractivity contribution is 8.76. The van der Waals surface area contributed by atoms with Gasteiger partial charge in [0, 0.05) is 76.7 Å². The quantitative estimate of drug-likeness (QED) is 0.0318. The number of hydrogen-bond acceptors (Lipinski definition) is 4. The molecule has 320 valence electrons. The Morgan fingerprint density at radius 1 is 0.557 bits per heavy atom. The molecule has 0 bridgehead atoms. The predicted molar refractivity (Wildman–Crippen MR) is 270 cm³/mol. The van der Waals surface area contributed by atoms with Crippen molar-refractivity contribution in [2.75, 3.05) is 90.3 Å². The maximum Gasteiger partial charge on any atom is 0.169 e. The zero-order valence-corrected chi connectivity index (χ0v) is 39.7. The molecule has 0 fully saturated rings. The summed E-state index contributed by atoms with van der Waals surface area (Å²) in [6.45, 7) is 8.13. The molecule has 6 nitrogen and oxygen atoms in total. The number of quaternary nitrogens is 2. The number of anilines is 2. The Balaban J connectivity index is 0.805. The van der Waals surface area contributed by atoms with Gasteiger partial charge in [-0.25, -0.2) is 9.13 Å². The summed E-state index contributed by atoms with van der Waals surface area (Å²) in [5, 5.41) is 5.09. The Morgan fingerprint density at radius 3 is 1.51 bits per heavy atom. The van der Waals surface area contributed by atoms with Gasteiger partial charge in [-0.15, -0.1) is 0 Å². The largest absolute Gasteiger partial charge is 0.378 e. The maximum atomic E-state index is 2.41. The summed E-state index contributed by atoms with van der Waals surface area (Å²) in [6, 6.07) is 36.2. The van der Waals surface area contributed by atoms with Crippen LogP contribution in [0.2, 0.25) is 0 Å². The van der Waals surface area contributed by atoms with Crippen molar-refractivity contribution in [3.05, 3.63) is 144 Å². The predicted octanol–water partition coefficient (Wildman–Crippen LogP) is 9.27. The van der Waals surface area contributed by atoms with Crippen LogP contribution in [0.3, 0.4) is 0 Å². The van der Waals surface area contributed by atoms with Gasteiger partial charge in [0.25, 0.3) is 0 Å². The van der Waals surface area contributed by atoms with Crippen molar-refractivity contribution in [2.45, 2.75) is 45.3 Å². The van der Waals surface area contributed by atoms with E-state index >= 15 is 0 Å². The second-order valence-electron chi connectivity index (χ2n) is 17.8. The first-order chi connectivity index (χ1) is 29.4. The topological polar surface area (TPSA) is 18.7 Å². The Hall–Kier alpha value is -4.60. The average Bonchev–Trinajstić information content (AvgIpc) is 3.26. The van der Waals surface area contributed by atoms with Gasteiger partial charge in [-0.05, 0) is 87.1 Å². The molecule has 0 aliphatic carbocycles. The Bertz CT molecular complexity index is 2350. The standard InChI is InChI=1S/C53H69N6S2/c1-43(11-9-28-57-30-24-44(25-31-57)12-14-46-16-18-50-41-52(54(2)3)22-20-48(50)39-46)56(6)34-37-60-61-38-36-59(7,8)35-10-29-58-32-26-45(27-33-58)13-15-47-17-19-51-42-53(55(4)5)23-21-49(51)40-47/h12-27,30-33,39-43H,9-11,28-29,34-38H2,1-8H3/q+3/p+1. The maximum absolute atomic E-state index is 2.41. The molecule has 0 amide bonds. The van der Waals surface area contributed by atoms with Crippen LogP contribution in [-0.4, -0.2) is 91.0 Å². The van der Waals surface area contributed by atoms with Crippen molar-refractivity contribution in [2.24, 2.45) is 0 Å². The van der Waals surface area contributed by atoms with Gasteiger partial charge in [-0.2, -0.15) is 0 Å². The van der Waals surface area contributed by atoms with Crippen LogP contribution in [0.4, 0.5) is 11.4 Å². The lowest BCUT2D eigenvalue weighted by Gasteiger charge is -2.29. The van der Waals surface area contributed by atoms with Crippen molar-refractivity contribution in [3.8, 4) is 0 Å². The fourth-order valence-electron chi connectivity index (χ4n) is 7.58. The van der Waals surface area contributed by atoms with E-state index in [-0.39, 0.29) is 0 Å². The molecule has 2 atom stereocenters. The van der Waals surface area contributed by atoms with Crippen molar-refractivity contribution < 1.29 is 18.5 Å². The van der Waals surface area contributed by atoms with Gasteiger partial charge in [0.15, 0.2) is 31.3 Å². The molecule has 2 aromatic heterocycles. The van der Waals surface area contributed by atoms with E-state index in [0.29, 0.717) is 6.04 Å². The van der Waals surface area contributed by atoms with E-state index in [1.807, 2.05) is 0 Å². The molecule has 61 heavy (non-hydrogen) atoms. The van der Waals surface area contributed by atoms with Crippen LogP contribution in [0.5, 0.6) is 0 Å². The molecule has 0 spiro atoms. The molecule has 0 saturated heterocycles. The van der Waals surface area contributed by atoms with Crippen molar-refractivity contribution in [3.63, 3.8) is 0 Å². The third kappa shape index (κ3) is 14.5. The zero-order chi connectivity index (χ0) is 43.2. The van der Waals surface area contributed by atoms with Gasteiger partial charge in [0.1, 0.15) is 6.54 Å². The summed E-state index contributed by atoms with van der Waals surface area (Å²) in [4.78, 5) is 5.94. The normalized spacial score (nSPS) is 13.1. The average molecular weight is 855 g/mol. The van der Waals surface area contributed by atoms with Gasteiger partial charge in [-0.1, -0.05) is 82.3 Å². The lowest BCUT2D eigenvalue weighted by atomic mass is 10.1. The Morgan fingerprint density at radius 2 is 1.00 bits per heavy atom. The van der Waals surface area contributed by atoms with Crippen molar-refractivity contribution in [1.82, 2.24) is 0 Å². The first-order valence-corrected chi connectivity index (χ1v) is 24.5. The molecule has 0 saturated carbocycles. The number of benzene rings is 4. The number of aryl methyl sites for hydroxylation is 2. The van der Waals surface area contributed by atoms with Crippen LogP contribution in [0.25, 0.3) is 45.8 Å². The second-order valence-corrected chi connectivity index (χ2v) is 20.5. The van der Waals surface area contributed by atoms with E-state index in [1.165, 1.54) is 106 Å². The minimum absolute atomic E-state index is 0.665. The monoisotopic (exact) mass is 855 g/mol. The molecule has 1 N–H and O–H groups in total. The van der Waals surface area contributed by atoms with Crippen molar-refractivity contribution in [1.29, 1.82) is 0 Å². The third-order valence-electron chi connectivity index (χ3n) is 12.0. The highest BCUT2D eigenvalue weighted by Crippen LogP contribution is 2.25. The Kier molecular flexibility index (Phi) is 16.9. The molecule has 2 heterocycles. The van der Waals surface area contributed by atoms with Gasteiger partial charge in [0.05, 0.1) is 64.7 Å². The van der Waals surface area contributed by atoms with E-state index in [4.69, 9.17) is 0 Å². The summed E-state index contributed by atoms with van der Waals surface area (Å²) < 4.78 is 5.72. The van der Waals surface area contributed by atoms with Crippen LogP contribution in [0.15, 0.2) is 122 Å². The van der Waals surface area contributed by atoms with Crippen LogP contribution in [0, 0.1) is 0 Å². The van der Waals surface area contributed by atoms with E-state index in [2.05, 4.69) is 243 Å². The van der Waals surface area contributed by atoms with Crippen LogP contribution >= 0.6 is 21.6 Å². The van der Waals surface area contributed by atoms with Gasteiger partial charge < -0.3 is 19.2 Å². The fraction of sp³-hybridized carbons (Fsp3) is 0.358. The van der Waals surface area contributed by atoms with Gasteiger partial charge in [0.2, 0.25) is 0 Å². The minimum Gasteiger partial charge on any atom is -0.378 e. The number of fused-ring (bicyclic) bond motifs is 2. The number of aromatic nitrogens is 2. The minimum atomic E-state index is 0.665. The van der Waals surface area contributed by atoms with Gasteiger partial charge >= 0.3 is 0 Å². The molecule has 6 rings (SSSR count). The Labute approximate surface area is 375 Å². The number of pyridine rings is 2. The highest BCUT2D eigenvalue weighted by Gasteiger charge is 2.17. The lowest BCUT2D eigenvalue weighted by Crippen LogP contribution is -3.12. The number of nitrogens with zero attached hydrogens (tertiary/aromatic N) is 5. The van der Waals surface area contributed by atoms with E-state index in [0.717, 1.165) is 17.6 Å². The number of nitrogens with one attached hydrogen (secondary N) is 1. The smallest absolute Gasteiger partial charge is 0.169 e.